The molecule has 3 rings (SSSR count). The minimum Gasteiger partial charge on any atom is -0.351 e. The molecule has 0 spiro atoms. The summed E-state index contributed by atoms with van der Waals surface area (Å²) < 4.78 is 0. The number of benzene rings is 1. The second-order valence-electron chi connectivity index (χ2n) is 7.63. The zero-order chi connectivity index (χ0) is 17.2. The molecule has 1 heterocycles. The summed E-state index contributed by atoms with van der Waals surface area (Å²) in [7, 11) is 0. The van der Waals surface area contributed by atoms with Crippen LogP contribution in [0.1, 0.15) is 43.5 Å². The minimum atomic E-state index is -0.0781. The number of halogens is 1. The molecule has 0 aromatic heterocycles. The highest BCUT2D eigenvalue weighted by Crippen LogP contribution is 2.38. The summed E-state index contributed by atoms with van der Waals surface area (Å²) in [5.41, 5.74) is 1.45. The molecular weight excluding hydrogens is 338 g/mol. The molecule has 3 N–H and O–H groups in total. The molecule has 0 radical (unpaired) electrons. The Hall–Kier alpha value is -1.59. The van der Waals surface area contributed by atoms with E-state index in [0.29, 0.717) is 23.7 Å². The molecule has 5 nitrogen and oxygen atoms in total. The van der Waals surface area contributed by atoms with E-state index in [2.05, 4.69) is 29.8 Å². The molecule has 1 aliphatic heterocycles. The standard InChI is InChI=1S/C19H27N3O2.ClH/c1-13-10-16(13)18(24)22-15-5-3-4-14(11-15)17(23)21-12-19(2)6-8-20-9-7-19;/h3-5,11,13,16,20H,6-10,12H2,1-2H3,(H,21,23)(H,22,24);1H. The van der Waals surface area contributed by atoms with Crippen LogP contribution in [-0.4, -0.2) is 31.4 Å². The lowest BCUT2D eigenvalue weighted by Gasteiger charge is -2.34. The summed E-state index contributed by atoms with van der Waals surface area (Å²) in [5.74, 6) is 0.581. The Balaban J connectivity index is 0.00000225. The van der Waals surface area contributed by atoms with Crippen LogP contribution >= 0.6 is 12.4 Å². The highest BCUT2D eigenvalue weighted by Gasteiger charge is 2.39. The monoisotopic (exact) mass is 365 g/mol. The number of nitrogens with one attached hydrogen (secondary N) is 3. The maximum absolute atomic E-state index is 12.4. The van der Waals surface area contributed by atoms with Crippen LogP contribution in [0, 0.1) is 17.3 Å². The second-order valence-corrected chi connectivity index (χ2v) is 7.63. The van der Waals surface area contributed by atoms with E-state index in [4.69, 9.17) is 0 Å². The van der Waals surface area contributed by atoms with Crippen LogP contribution in [0.15, 0.2) is 24.3 Å². The lowest BCUT2D eigenvalue weighted by molar-refractivity contribution is -0.117. The maximum atomic E-state index is 12.4. The van der Waals surface area contributed by atoms with Crippen LogP contribution in [0.5, 0.6) is 0 Å². The van der Waals surface area contributed by atoms with Crippen molar-refractivity contribution in [2.24, 2.45) is 17.3 Å². The Morgan fingerprint density at radius 1 is 1.28 bits per heavy atom. The molecule has 1 aromatic carbocycles. The lowest BCUT2D eigenvalue weighted by atomic mass is 9.81. The van der Waals surface area contributed by atoms with Crippen molar-refractivity contribution in [1.82, 2.24) is 10.6 Å². The van der Waals surface area contributed by atoms with E-state index in [1.807, 2.05) is 12.1 Å². The van der Waals surface area contributed by atoms with Gasteiger partial charge in [-0.15, -0.1) is 12.4 Å². The molecule has 25 heavy (non-hydrogen) atoms. The van der Waals surface area contributed by atoms with Gasteiger partial charge in [0.05, 0.1) is 0 Å². The summed E-state index contributed by atoms with van der Waals surface area (Å²) in [6, 6.07) is 7.18. The fraction of sp³-hybridized carbons (Fsp3) is 0.579. The van der Waals surface area contributed by atoms with Crippen molar-refractivity contribution in [2.45, 2.75) is 33.1 Å². The van der Waals surface area contributed by atoms with Crippen LogP contribution in [0.3, 0.4) is 0 Å². The van der Waals surface area contributed by atoms with Gasteiger partial charge in [0, 0.05) is 23.7 Å². The first-order valence-electron chi connectivity index (χ1n) is 8.87. The summed E-state index contributed by atoms with van der Waals surface area (Å²) in [5, 5.41) is 9.32. The van der Waals surface area contributed by atoms with Gasteiger partial charge in [-0.2, -0.15) is 0 Å². The topological polar surface area (TPSA) is 70.2 Å². The number of piperidine rings is 1. The molecule has 6 heteroatoms. The molecule has 1 saturated heterocycles. The van der Waals surface area contributed by atoms with Gasteiger partial charge in [0.15, 0.2) is 0 Å². The Morgan fingerprint density at radius 2 is 1.96 bits per heavy atom. The van der Waals surface area contributed by atoms with E-state index >= 15 is 0 Å². The molecule has 2 amide bonds. The Bertz CT molecular complexity index is 629. The van der Waals surface area contributed by atoms with Gasteiger partial charge in [-0.05, 0) is 61.9 Å². The highest BCUT2D eigenvalue weighted by molar-refractivity contribution is 5.98. The van der Waals surface area contributed by atoms with Crippen molar-refractivity contribution in [3.8, 4) is 0 Å². The second kappa shape index (κ2) is 8.19. The molecule has 2 fully saturated rings. The van der Waals surface area contributed by atoms with Crippen molar-refractivity contribution >= 4 is 29.9 Å². The Morgan fingerprint density at radius 3 is 2.60 bits per heavy atom. The van der Waals surface area contributed by atoms with Gasteiger partial charge in [-0.1, -0.05) is 19.9 Å². The molecule has 1 saturated carbocycles. The van der Waals surface area contributed by atoms with Crippen LogP contribution in [0.4, 0.5) is 5.69 Å². The van der Waals surface area contributed by atoms with E-state index < -0.39 is 0 Å². The average molecular weight is 366 g/mol. The van der Waals surface area contributed by atoms with Crippen molar-refractivity contribution in [1.29, 1.82) is 0 Å². The number of hydrogen-bond acceptors (Lipinski definition) is 3. The first-order chi connectivity index (χ1) is 11.5. The Kier molecular flexibility index (Phi) is 6.47. The molecule has 1 aromatic rings. The number of anilines is 1. The number of carbonyl (C=O) groups is 2. The largest absolute Gasteiger partial charge is 0.351 e. The van der Waals surface area contributed by atoms with Crippen LogP contribution in [-0.2, 0) is 4.79 Å². The van der Waals surface area contributed by atoms with Crippen LogP contribution in [0.2, 0.25) is 0 Å². The highest BCUT2D eigenvalue weighted by atomic mass is 35.5. The fourth-order valence-electron chi connectivity index (χ4n) is 3.26. The third-order valence-electron chi connectivity index (χ3n) is 5.32. The van der Waals surface area contributed by atoms with Crippen molar-refractivity contribution in [3.63, 3.8) is 0 Å². The molecule has 2 unspecified atom stereocenters. The predicted molar refractivity (Wildman–Crippen MR) is 102 cm³/mol. The SMILES string of the molecule is CC1CC1C(=O)Nc1cccc(C(=O)NCC2(C)CCNCC2)c1.Cl. The smallest absolute Gasteiger partial charge is 0.251 e. The van der Waals surface area contributed by atoms with E-state index in [1.54, 1.807) is 12.1 Å². The van der Waals surface area contributed by atoms with E-state index in [0.717, 1.165) is 32.4 Å². The molecule has 2 aliphatic rings. The number of amides is 2. The summed E-state index contributed by atoms with van der Waals surface area (Å²) in [6.45, 7) is 7.00. The first kappa shape index (κ1) is 19.7. The van der Waals surface area contributed by atoms with E-state index in [9.17, 15) is 9.59 Å². The number of rotatable bonds is 5. The average Bonchev–Trinajstić information content (AvgIpc) is 3.31. The van der Waals surface area contributed by atoms with Gasteiger partial charge in [-0.25, -0.2) is 0 Å². The summed E-state index contributed by atoms with van der Waals surface area (Å²) >= 11 is 0. The van der Waals surface area contributed by atoms with Crippen molar-refractivity contribution < 1.29 is 9.59 Å². The first-order valence-corrected chi connectivity index (χ1v) is 8.87. The molecule has 1 aliphatic carbocycles. The number of carbonyl (C=O) groups excluding carboxylic acids is 2. The third kappa shape index (κ3) is 5.19. The van der Waals surface area contributed by atoms with Gasteiger partial charge >= 0.3 is 0 Å². The summed E-state index contributed by atoms with van der Waals surface area (Å²) in [4.78, 5) is 24.4. The predicted octanol–water partition coefficient (Wildman–Crippen LogP) is 2.82. The van der Waals surface area contributed by atoms with Gasteiger partial charge in [-0.3, -0.25) is 9.59 Å². The summed E-state index contributed by atoms with van der Waals surface area (Å²) in [6.07, 6.45) is 3.10. The Labute approximate surface area is 155 Å². The minimum absolute atomic E-state index is 0. The molecular formula is C19H28ClN3O2. The molecule has 0 bridgehead atoms. The van der Waals surface area contributed by atoms with Crippen molar-refractivity contribution in [2.75, 3.05) is 25.0 Å². The van der Waals surface area contributed by atoms with Crippen LogP contribution < -0.4 is 16.0 Å². The third-order valence-corrected chi connectivity index (χ3v) is 5.32. The molecule has 2 atom stereocenters. The lowest BCUT2D eigenvalue weighted by Crippen LogP contribution is -2.42. The fourth-order valence-corrected chi connectivity index (χ4v) is 3.26. The van der Waals surface area contributed by atoms with Gasteiger partial charge in [0.1, 0.15) is 0 Å². The van der Waals surface area contributed by atoms with Gasteiger partial charge in [0.2, 0.25) is 5.91 Å². The maximum Gasteiger partial charge on any atom is 0.251 e. The van der Waals surface area contributed by atoms with E-state index in [-0.39, 0.29) is 35.6 Å². The van der Waals surface area contributed by atoms with Crippen LogP contribution in [0.25, 0.3) is 0 Å². The molecule has 138 valence electrons. The quantitative estimate of drug-likeness (QED) is 0.751. The normalized spacial score (nSPS) is 23.9. The van der Waals surface area contributed by atoms with E-state index in [1.165, 1.54) is 0 Å². The van der Waals surface area contributed by atoms with Gasteiger partial charge in [0.25, 0.3) is 5.91 Å². The van der Waals surface area contributed by atoms with Gasteiger partial charge < -0.3 is 16.0 Å². The van der Waals surface area contributed by atoms with Crippen molar-refractivity contribution in [3.05, 3.63) is 29.8 Å². The number of hydrogen-bond donors (Lipinski definition) is 3. The zero-order valence-electron chi connectivity index (χ0n) is 14.9. The zero-order valence-corrected chi connectivity index (χ0v) is 15.7.